The van der Waals surface area contributed by atoms with Crippen LogP contribution in [-0.2, 0) is 21.4 Å². The summed E-state index contributed by atoms with van der Waals surface area (Å²) in [6.07, 6.45) is 0. The van der Waals surface area contributed by atoms with Gasteiger partial charge >= 0.3 is 5.97 Å². The Bertz CT molecular complexity index is 837. The van der Waals surface area contributed by atoms with E-state index in [9.17, 15) is 13.2 Å². The van der Waals surface area contributed by atoms with Crippen LogP contribution in [0.1, 0.15) is 15.9 Å². The molecule has 5 nitrogen and oxygen atoms in total. The molecule has 122 valence electrons. The highest BCUT2D eigenvalue weighted by Gasteiger charge is 2.19. The smallest absolute Gasteiger partial charge is 0.338 e. The van der Waals surface area contributed by atoms with E-state index in [4.69, 9.17) is 27.9 Å². The number of carbonyl (C=O) groups excluding carboxylic acids is 1. The second-order valence-electron chi connectivity index (χ2n) is 4.52. The summed E-state index contributed by atoms with van der Waals surface area (Å²) in [5, 5.41) is 0.497. The van der Waals surface area contributed by atoms with Crippen molar-refractivity contribution in [3.05, 3.63) is 63.6 Å². The van der Waals surface area contributed by atoms with Crippen molar-refractivity contribution in [2.45, 2.75) is 11.5 Å². The molecule has 0 amide bonds. The highest BCUT2D eigenvalue weighted by molar-refractivity contribution is 7.89. The number of carbonyl (C=O) groups is 1. The molecule has 2 aromatic rings. The lowest BCUT2D eigenvalue weighted by atomic mass is 10.2. The van der Waals surface area contributed by atoms with E-state index in [0.717, 1.165) is 0 Å². The number of hydrogen-bond acceptors (Lipinski definition) is 4. The first-order valence-electron chi connectivity index (χ1n) is 6.49. The van der Waals surface area contributed by atoms with Crippen molar-refractivity contribution in [3.63, 3.8) is 0 Å². The zero-order chi connectivity index (χ0) is 17.0. The molecule has 0 unspecified atom stereocenters. The monoisotopic (exact) mass is 373 g/mol. The van der Waals surface area contributed by atoms with Crippen molar-refractivity contribution in [2.24, 2.45) is 0 Å². The molecular weight excluding hydrogens is 361 g/mol. The number of sulfonamides is 1. The van der Waals surface area contributed by atoms with Gasteiger partial charge in [0.1, 0.15) is 11.5 Å². The summed E-state index contributed by atoms with van der Waals surface area (Å²) in [4.78, 5) is 11.9. The number of nitrogens with one attached hydrogen (secondary N) is 1. The lowest BCUT2D eigenvalue weighted by Gasteiger charge is -2.09. The van der Waals surface area contributed by atoms with Crippen LogP contribution in [0.3, 0.4) is 0 Å². The largest absolute Gasteiger partial charge is 0.457 e. The fourth-order valence-electron chi connectivity index (χ4n) is 1.79. The predicted molar refractivity (Wildman–Crippen MR) is 88.3 cm³/mol. The average Bonchev–Trinajstić information content (AvgIpc) is 2.54. The summed E-state index contributed by atoms with van der Waals surface area (Å²) < 4.78 is 31.0. The SMILES string of the molecule is CNS(=O)(=O)c1cc(C(=O)OCc2ccccc2Cl)ccc1Cl. The summed E-state index contributed by atoms with van der Waals surface area (Å²) in [5.74, 6) is -0.672. The van der Waals surface area contributed by atoms with Gasteiger partial charge in [-0.25, -0.2) is 17.9 Å². The zero-order valence-corrected chi connectivity index (χ0v) is 14.4. The van der Waals surface area contributed by atoms with Crippen LogP contribution in [0, 0.1) is 0 Å². The van der Waals surface area contributed by atoms with E-state index < -0.39 is 16.0 Å². The van der Waals surface area contributed by atoms with Crippen LogP contribution in [-0.4, -0.2) is 21.4 Å². The lowest BCUT2D eigenvalue weighted by Crippen LogP contribution is -2.19. The minimum atomic E-state index is -3.77. The number of halogens is 2. The van der Waals surface area contributed by atoms with E-state index in [0.29, 0.717) is 10.6 Å². The van der Waals surface area contributed by atoms with Crippen LogP contribution < -0.4 is 4.72 Å². The number of esters is 1. The molecule has 0 fully saturated rings. The summed E-state index contributed by atoms with van der Waals surface area (Å²) in [6, 6.07) is 10.8. The van der Waals surface area contributed by atoms with E-state index in [1.54, 1.807) is 24.3 Å². The number of benzene rings is 2. The molecule has 1 N–H and O–H groups in total. The highest BCUT2D eigenvalue weighted by atomic mass is 35.5. The molecule has 0 aliphatic heterocycles. The Hall–Kier alpha value is -1.60. The molecule has 0 atom stereocenters. The first kappa shape index (κ1) is 17.7. The van der Waals surface area contributed by atoms with Crippen molar-refractivity contribution >= 4 is 39.2 Å². The summed E-state index contributed by atoms with van der Waals surface area (Å²) in [5.41, 5.74) is 0.731. The number of ether oxygens (including phenoxy) is 1. The maximum atomic E-state index is 12.1. The Morgan fingerprint density at radius 1 is 1.13 bits per heavy atom. The minimum Gasteiger partial charge on any atom is -0.457 e. The molecule has 2 rings (SSSR count). The molecule has 2 aromatic carbocycles. The number of hydrogen-bond donors (Lipinski definition) is 1. The fourth-order valence-corrected chi connectivity index (χ4v) is 3.23. The normalized spacial score (nSPS) is 11.3. The minimum absolute atomic E-state index is 0.0157. The molecule has 0 heterocycles. The Morgan fingerprint density at radius 2 is 1.83 bits per heavy atom. The topological polar surface area (TPSA) is 72.5 Å². The molecule has 0 saturated carbocycles. The van der Waals surface area contributed by atoms with Gasteiger partial charge in [-0.1, -0.05) is 41.4 Å². The molecule has 8 heteroatoms. The third-order valence-corrected chi connectivity index (χ3v) is 5.31. The quantitative estimate of drug-likeness (QED) is 0.816. The highest BCUT2D eigenvalue weighted by Crippen LogP contribution is 2.23. The number of rotatable bonds is 5. The molecule has 0 aliphatic carbocycles. The van der Waals surface area contributed by atoms with Gasteiger partial charge in [0.25, 0.3) is 0 Å². The van der Waals surface area contributed by atoms with E-state index >= 15 is 0 Å². The van der Waals surface area contributed by atoms with Gasteiger partial charge in [-0.05, 0) is 31.3 Å². The van der Waals surface area contributed by atoms with Gasteiger partial charge in [-0.3, -0.25) is 0 Å². The molecule has 0 saturated heterocycles. The van der Waals surface area contributed by atoms with Crippen LogP contribution in [0.4, 0.5) is 0 Å². The standard InChI is InChI=1S/C15H13Cl2NO4S/c1-18-23(20,21)14-8-10(6-7-13(14)17)15(19)22-9-11-4-2-3-5-12(11)16/h2-8,18H,9H2,1H3. The zero-order valence-electron chi connectivity index (χ0n) is 12.0. The Morgan fingerprint density at radius 3 is 2.48 bits per heavy atom. The van der Waals surface area contributed by atoms with Crippen LogP contribution in [0.5, 0.6) is 0 Å². The fraction of sp³-hybridized carbons (Fsp3) is 0.133. The van der Waals surface area contributed by atoms with E-state index in [-0.39, 0.29) is 22.1 Å². The summed E-state index contributed by atoms with van der Waals surface area (Å²) >= 11 is 11.9. The van der Waals surface area contributed by atoms with E-state index in [1.165, 1.54) is 25.2 Å². The van der Waals surface area contributed by atoms with Crippen molar-refractivity contribution in [1.82, 2.24) is 4.72 Å². The van der Waals surface area contributed by atoms with Crippen LogP contribution in [0.15, 0.2) is 47.4 Å². The molecule has 0 aliphatic rings. The second kappa shape index (κ2) is 7.31. The molecule has 0 bridgehead atoms. The van der Waals surface area contributed by atoms with Crippen molar-refractivity contribution < 1.29 is 17.9 Å². The van der Waals surface area contributed by atoms with Crippen molar-refractivity contribution in [2.75, 3.05) is 7.05 Å². The Kier molecular flexibility index (Phi) is 5.64. The van der Waals surface area contributed by atoms with Gasteiger partial charge in [0.05, 0.1) is 10.6 Å². The predicted octanol–water partition coefficient (Wildman–Crippen LogP) is 3.26. The molecule has 0 spiro atoms. The summed E-state index contributed by atoms with van der Waals surface area (Å²) in [7, 11) is -2.51. The summed E-state index contributed by atoms with van der Waals surface area (Å²) in [6.45, 7) is -0.0186. The van der Waals surface area contributed by atoms with Crippen LogP contribution >= 0.6 is 23.2 Å². The van der Waals surface area contributed by atoms with Gasteiger partial charge in [0, 0.05) is 10.6 Å². The molecule has 23 heavy (non-hydrogen) atoms. The van der Waals surface area contributed by atoms with Crippen molar-refractivity contribution in [3.8, 4) is 0 Å². The second-order valence-corrected chi connectivity index (χ2v) is 7.19. The first-order chi connectivity index (χ1) is 10.8. The first-order valence-corrected chi connectivity index (χ1v) is 8.72. The molecule has 0 radical (unpaired) electrons. The van der Waals surface area contributed by atoms with Gasteiger partial charge in [-0.2, -0.15) is 0 Å². The van der Waals surface area contributed by atoms with E-state index in [2.05, 4.69) is 4.72 Å². The molecular formula is C15H13Cl2NO4S. The average molecular weight is 374 g/mol. The Balaban J connectivity index is 2.21. The Labute approximate surface area is 144 Å². The van der Waals surface area contributed by atoms with Crippen LogP contribution in [0.25, 0.3) is 0 Å². The molecule has 0 aromatic heterocycles. The third kappa shape index (κ3) is 4.23. The maximum absolute atomic E-state index is 12.1. The van der Waals surface area contributed by atoms with Gasteiger partial charge in [-0.15, -0.1) is 0 Å². The maximum Gasteiger partial charge on any atom is 0.338 e. The third-order valence-electron chi connectivity index (χ3n) is 3.04. The lowest BCUT2D eigenvalue weighted by molar-refractivity contribution is 0.0472. The van der Waals surface area contributed by atoms with Crippen LogP contribution in [0.2, 0.25) is 10.0 Å². The van der Waals surface area contributed by atoms with Gasteiger partial charge < -0.3 is 4.74 Å². The van der Waals surface area contributed by atoms with Gasteiger partial charge in [0.15, 0.2) is 0 Å². The van der Waals surface area contributed by atoms with E-state index in [1.807, 2.05) is 0 Å². The van der Waals surface area contributed by atoms with Gasteiger partial charge in [0.2, 0.25) is 10.0 Å². The van der Waals surface area contributed by atoms with Crippen molar-refractivity contribution in [1.29, 1.82) is 0 Å².